The summed E-state index contributed by atoms with van der Waals surface area (Å²) in [6, 6.07) is 17.0. The fourth-order valence-electron chi connectivity index (χ4n) is 6.90. The van der Waals surface area contributed by atoms with Crippen molar-refractivity contribution in [1.82, 2.24) is 24.4 Å². The van der Waals surface area contributed by atoms with E-state index < -0.39 is 11.6 Å². The molecule has 2 aromatic heterocycles. The predicted molar refractivity (Wildman–Crippen MR) is 174 cm³/mol. The fourth-order valence-corrected chi connectivity index (χ4v) is 7.06. The molecule has 5 aromatic rings. The summed E-state index contributed by atoms with van der Waals surface area (Å²) in [5.41, 5.74) is 5.56. The van der Waals surface area contributed by atoms with Crippen molar-refractivity contribution in [3.63, 3.8) is 0 Å². The molecule has 3 aromatic carbocycles. The number of piperidine rings is 1. The zero-order chi connectivity index (χ0) is 31.4. The Morgan fingerprint density at radius 1 is 0.978 bits per heavy atom. The fraction of sp³-hybridized carbons (Fsp3) is 0.361. The van der Waals surface area contributed by atoms with Crippen LogP contribution in [0, 0.1) is 12.7 Å². The Morgan fingerprint density at radius 3 is 2.52 bits per heavy atom. The zero-order valence-corrected chi connectivity index (χ0v) is 26.6. The van der Waals surface area contributed by atoms with Crippen molar-refractivity contribution in [1.29, 1.82) is 0 Å². The monoisotopic (exact) mass is 639 g/mol. The number of halogens is 2. The molecule has 0 amide bonds. The summed E-state index contributed by atoms with van der Waals surface area (Å²) in [7, 11) is 0. The largest absolute Gasteiger partial charge is 0.444 e. The van der Waals surface area contributed by atoms with Gasteiger partial charge < -0.3 is 18.8 Å². The number of hydrogen-bond donors (Lipinski definition) is 0. The van der Waals surface area contributed by atoms with Gasteiger partial charge in [-0.1, -0.05) is 29.8 Å². The molecule has 236 valence electrons. The highest BCUT2D eigenvalue weighted by Crippen LogP contribution is 2.50. The Kier molecular flexibility index (Phi) is 7.43. The molecule has 1 unspecified atom stereocenters. The molecule has 10 heteroatoms. The smallest absolute Gasteiger partial charge is 0.278 e. The van der Waals surface area contributed by atoms with Crippen LogP contribution in [0.25, 0.3) is 22.2 Å². The zero-order valence-electron chi connectivity index (χ0n) is 25.9. The molecule has 3 aliphatic heterocycles. The number of fused-ring (bicyclic) bond motifs is 2. The Balaban J connectivity index is 1.000. The molecule has 8 rings (SSSR count). The van der Waals surface area contributed by atoms with Crippen LogP contribution in [0.5, 0.6) is 11.5 Å². The van der Waals surface area contributed by atoms with Crippen molar-refractivity contribution < 1.29 is 18.6 Å². The summed E-state index contributed by atoms with van der Waals surface area (Å²) in [4.78, 5) is 16.4. The second-order valence-corrected chi connectivity index (χ2v) is 13.1. The second kappa shape index (κ2) is 11.6. The van der Waals surface area contributed by atoms with Crippen molar-refractivity contribution in [2.75, 3.05) is 19.7 Å². The number of hydrogen-bond acceptors (Lipinski definition) is 7. The molecule has 0 spiro atoms. The maximum absolute atomic E-state index is 14.9. The normalized spacial score (nSPS) is 21.5. The van der Waals surface area contributed by atoms with Crippen LogP contribution in [-0.4, -0.2) is 50.2 Å². The molecule has 0 radical (unpaired) electrons. The van der Waals surface area contributed by atoms with Crippen molar-refractivity contribution in [3.05, 3.63) is 101 Å². The summed E-state index contributed by atoms with van der Waals surface area (Å²) in [5.74, 6) is 1.74. The molecule has 2 atom stereocenters. The third-order valence-corrected chi connectivity index (χ3v) is 9.78. The molecule has 8 nitrogen and oxygen atoms in total. The van der Waals surface area contributed by atoms with Crippen molar-refractivity contribution in [3.8, 4) is 22.6 Å². The van der Waals surface area contributed by atoms with E-state index in [1.54, 1.807) is 19.1 Å². The topological polar surface area (TPSA) is 74.5 Å². The molecule has 0 N–H and O–H groups in total. The number of likely N-dealkylation sites (tertiary alicyclic amines) is 1. The maximum atomic E-state index is 14.9. The van der Waals surface area contributed by atoms with Crippen LogP contribution in [0.3, 0.4) is 0 Å². The standard InChI is InChI=1S/C36H35ClFN5O3/c1-22-39-18-25(19-40-22)24-6-9-32-31(16-24)41-34(43(32)20-27-12-15-44-27)21-42-13-10-23(11-14-42)28-4-3-5-33-35(28)46-36(2,45-33)29-8-7-26(37)17-30(29)38/h3-9,16-19,23,27H,10-15,20-21H2,1-2H3/t27-,36?/m0/s1. The first-order chi connectivity index (χ1) is 22.3. The van der Waals surface area contributed by atoms with Gasteiger partial charge in [-0.25, -0.2) is 19.3 Å². The average Bonchev–Trinajstić information content (AvgIpc) is 3.55. The van der Waals surface area contributed by atoms with E-state index >= 15 is 0 Å². The third kappa shape index (κ3) is 5.40. The van der Waals surface area contributed by atoms with E-state index in [-0.39, 0.29) is 6.10 Å². The molecule has 3 aliphatic rings. The Hall–Kier alpha value is -4.05. The van der Waals surface area contributed by atoms with Gasteiger partial charge in [-0.15, -0.1) is 0 Å². The van der Waals surface area contributed by atoms with Gasteiger partial charge in [-0.05, 0) is 87.2 Å². The van der Waals surface area contributed by atoms with Gasteiger partial charge in [0.15, 0.2) is 11.5 Å². The second-order valence-electron chi connectivity index (χ2n) is 12.6. The van der Waals surface area contributed by atoms with Gasteiger partial charge in [0.2, 0.25) is 0 Å². The summed E-state index contributed by atoms with van der Waals surface area (Å²) in [6.45, 7) is 7.88. The van der Waals surface area contributed by atoms with E-state index in [2.05, 4.69) is 43.7 Å². The molecule has 2 fully saturated rings. The van der Waals surface area contributed by atoms with Gasteiger partial charge in [-0.3, -0.25) is 4.90 Å². The first-order valence-corrected chi connectivity index (χ1v) is 16.3. The van der Waals surface area contributed by atoms with Gasteiger partial charge >= 0.3 is 0 Å². The summed E-state index contributed by atoms with van der Waals surface area (Å²) in [6.07, 6.45) is 6.96. The highest BCUT2D eigenvalue weighted by molar-refractivity contribution is 6.30. The van der Waals surface area contributed by atoms with Crippen LogP contribution < -0.4 is 9.47 Å². The van der Waals surface area contributed by atoms with Crippen LogP contribution in [-0.2, 0) is 23.6 Å². The number of benzene rings is 3. The minimum atomic E-state index is -1.26. The van der Waals surface area contributed by atoms with Gasteiger partial charge in [-0.2, -0.15) is 0 Å². The lowest BCUT2D eigenvalue weighted by Crippen LogP contribution is -2.35. The maximum Gasteiger partial charge on any atom is 0.278 e. The highest BCUT2D eigenvalue weighted by atomic mass is 35.5. The molecule has 46 heavy (non-hydrogen) atoms. The Labute approximate surface area is 272 Å². The van der Waals surface area contributed by atoms with E-state index in [0.717, 1.165) is 91.4 Å². The molecular weight excluding hydrogens is 605 g/mol. The lowest BCUT2D eigenvalue weighted by atomic mass is 9.88. The van der Waals surface area contributed by atoms with E-state index in [9.17, 15) is 4.39 Å². The third-order valence-electron chi connectivity index (χ3n) is 9.54. The van der Waals surface area contributed by atoms with Crippen molar-refractivity contribution in [2.45, 2.75) is 64.0 Å². The molecular formula is C36H35ClFN5O3. The average molecular weight is 640 g/mol. The quantitative estimate of drug-likeness (QED) is 0.184. The lowest BCUT2D eigenvalue weighted by Gasteiger charge is -2.33. The number of aryl methyl sites for hydroxylation is 1. The Morgan fingerprint density at radius 2 is 1.78 bits per heavy atom. The molecule has 2 saturated heterocycles. The van der Waals surface area contributed by atoms with Crippen LogP contribution in [0.4, 0.5) is 4.39 Å². The van der Waals surface area contributed by atoms with E-state index in [0.29, 0.717) is 28.0 Å². The summed E-state index contributed by atoms with van der Waals surface area (Å²) < 4.78 is 35.7. The van der Waals surface area contributed by atoms with Crippen LogP contribution in [0.1, 0.15) is 54.9 Å². The summed E-state index contributed by atoms with van der Waals surface area (Å²) in [5, 5.41) is 0.335. The molecule has 0 bridgehead atoms. The van der Waals surface area contributed by atoms with E-state index in [4.69, 9.17) is 30.8 Å². The van der Waals surface area contributed by atoms with Gasteiger partial charge in [0, 0.05) is 42.1 Å². The SMILES string of the molecule is Cc1ncc(-c2ccc3c(c2)nc(CN2CCC(c4cccc5c4OC(C)(c4ccc(Cl)cc4F)O5)CC2)n3C[C@@H]2CCO2)cn1. The van der Waals surface area contributed by atoms with Crippen LogP contribution in [0.15, 0.2) is 67.0 Å². The number of aromatic nitrogens is 4. The lowest BCUT2D eigenvalue weighted by molar-refractivity contribution is -0.0712. The minimum absolute atomic E-state index is 0.224. The van der Waals surface area contributed by atoms with Crippen LogP contribution >= 0.6 is 11.6 Å². The first kappa shape index (κ1) is 29.4. The van der Waals surface area contributed by atoms with Gasteiger partial charge in [0.05, 0.1) is 35.8 Å². The molecule has 5 heterocycles. The molecule has 0 saturated carbocycles. The van der Waals surface area contributed by atoms with Crippen molar-refractivity contribution >= 4 is 22.6 Å². The number of ether oxygens (including phenoxy) is 3. The van der Waals surface area contributed by atoms with Crippen molar-refractivity contribution in [2.24, 2.45) is 0 Å². The van der Waals surface area contributed by atoms with E-state index in [1.165, 1.54) is 6.07 Å². The Bertz CT molecular complexity index is 1920. The molecule has 0 aliphatic carbocycles. The van der Waals surface area contributed by atoms with Gasteiger partial charge in [0.1, 0.15) is 17.5 Å². The number of imidazole rings is 1. The highest BCUT2D eigenvalue weighted by Gasteiger charge is 2.43. The summed E-state index contributed by atoms with van der Waals surface area (Å²) >= 11 is 6.00. The number of nitrogens with zero attached hydrogens (tertiary/aromatic N) is 5. The van der Waals surface area contributed by atoms with E-state index in [1.807, 2.05) is 31.5 Å². The predicted octanol–water partition coefficient (Wildman–Crippen LogP) is 7.41. The minimum Gasteiger partial charge on any atom is -0.444 e. The van der Waals surface area contributed by atoms with Crippen LogP contribution in [0.2, 0.25) is 5.02 Å². The number of para-hydroxylation sites is 1. The number of rotatable bonds is 7. The van der Waals surface area contributed by atoms with Gasteiger partial charge in [0.25, 0.3) is 5.79 Å². The first-order valence-electron chi connectivity index (χ1n) is 15.9.